The topological polar surface area (TPSA) is 109 Å². The van der Waals surface area contributed by atoms with Gasteiger partial charge in [-0.3, -0.25) is 9.36 Å². The number of fused-ring (bicyclic) bond motifs is 1. The van der Waals surface area contributed by atoms with Crippen molar-refractivity contribution in [3.05, 3.63) is 106 Å². The van der Waals surface area contributed by atoms with E-state index in [1.54, 1.807) is 41.1 Å². The number of aromatic nitrogens is 1. The molecular formula is C27H21ClN4O4S2. The monoisotopic (exact) mass is 564 g/mol. The van der Waals surface area contributed by atoms with Crippen LogP contribution in [0.4, 0.5) is 16.2 Å². The highest BCUT2D eigenvalue weighted by Gasteiger charge is 2.20. The number of nitrogens with zero attached hydrogens (tertiary/aromatic N) is 1. The summed E-state index contributed by atoms with van der Waals surface area (Å²) in [6.45, 7) is 0. The summed E-state index contributed by atoms with van der Waals surface area (Å²) in [5.74, 6) is 0. The molecule has 8 nitrogen and oxygen atoms in total. The zero-order chi connectivity index (χ0) is 26.9. The minimum absolute atomic E-state index is 0.0697. The Hall–Kier alpha value is -4.12. The lowest BCUT2D eigenvalue weighted by atomic mass is 10.00. The number of carbonyl (C=O) groups is 1. The summed E-state index contributed by atoms with van der Waals surface area (Å²) >= 11 is 6.64. The van der Waals surface area contributed by atoms with Crippen LogP contribution in [0.1, 0.15) is 0 Å². The number of halogens is 1. The highest BCUT2D eigenvalue weighted by atomic mass is 35.5. The number of amides is 2. The molecule has 5 rings (SSSR count). The number of thiophene rings is 1. The molecule has 5 aromatic rings. The van der Waals surface area contributed by atoms with Crippen molar-refractivity contribution in [2.75, 3.05) is 17.7 Å². The van der Waals surface area contributed by atoms with Crippen LogP contribution in [0.3, 0.4) is 0 Å². The van der Waals surface area contributed by atoms with Crippen LogP contribution in [0.5, 0.6) is 0 Å². The second kappa shape index (κ2) is 10.3. The predicted octanol–water partition coefficient (Wildman–Crippen LogP) is 5.92. The van der Waals surface area contributed by atoms with E-state index in [4.69, 9.17) is 11.6 Å². The van der Waals surface area contributed by atoms with Gasteiger partial charge in [0.15, 0.2) is 0 Å². The van der Waals surface area contributed by atoms with Crippen LogP contribution in [0.25, 0.3) is 27.6 Å². The van der Waals surface area contributed by atoms with Gasteiger partial charge in [0.25, 0.3) is 15.6 Å². The summed E-state index contributed by atoms with van der Waals surface area (Å²) in [6.07, 6.45) is 1.80. The van der Waals surface area contributed by atoms with Gasteiger partial charge in [-0.15, -0.1) is 11.3 Å². The van der Waals surface area contributed by atoms with E-state index in [-0.39, 0.29) is 9.77 Å². The van der Waals surface area contributed by atoms with E-state index in [0.29, 0.717) is 21.1 Å². The van der Waals surface area contributed by atoms with E-state index in [2.05, 4.69) is 10.6 Å². The average Bonchev–Trinajstić information content (AvgIpc) is 3.37. The Morgan fingerprint density at radius 1 is 0.895 bits per heavy atom. The molecular weight excluding hydrogens is 544 g/mol. The Labute approximate surface area is 227 Å². The van der Waals surface area contributed by atoms with Gasteiger partial charge in [-0.05, 0) is 65.5 Å². The summed E-state index contributed by atoms with van der Waals surface area (Å²) in [5.41, 5.74) is 3.48. The molecule has 0 bridgehead atoms. The second-order valence-corrected chi connectivity index (χ2v) is 11.9. The fraction of sp³-hybridized carbons (Fsp3) is 0.0370. The molecule has 2 aromatic heterocycles. The third-order valence-corrected chi connectivity index (χ3v) is 8.89. The predicted molar refractivity (Wildman–Crippen MR) is 153 cm³/mol. The molecule has 2 amide bonds. The normalized spacial score (nSPS) is 11.3. The number of hydrogen-bond acceptors (Lipinski definition) is 6. The maximum absolute atomic E-state index is 13.5. The molecule has 0 fully saturated rings. The number of carbonyl (C=O) groups excluding carboxylic acids is 1. The third kappa shape index (κ3) is 5.14. The van der Waals surface area contributed by atoms with Gasteiger partial charge in [-0.25, -0.2) is 17.9 Å². The summed E-state index contributed by atoms with van der Waals surface area (Å²) < 4.78 is 28.5. The van der Waals surface area contributed by atoms with Gasteiger partial charge < -0.3 is 10.6 Å². The Kier molecular flexibility index (Phi) is 6.94. The SMILES string of the molecule is CNc1ccc2c(=O)n(-c3ccc(NC(=O)NS(=O)(=O)c4ccc(Cl)s4)cc3)cc(-c3ccccc3)c2c1. The Morgan fingerprint density at radius 2 is 1.61 bits per heavy atom. The van der Waals surface area contributed by atoms with Gasteiger partial charge in [0, 0.05) is 41.3 Å². The quantitative estimate of drug-likeness (QED) is 0.237. The molecule has 0 unspecified atom stereocenters. The molecule has 38 heavy (non-hydrogen) atoms. The number of anilines is 2. The zero-order valence-electron chi connectivity index (χ0n) is 19.9. The molecule has 3 N–H and O–H groups in total. The molecule has 0 saturated heterocycles. The molecule has 2 heterocycles. The summed E-state index contributed by atoms with van der Waals surface area (Å²) in [6, 6.07) is 23.8. The highest BCUT2D eigenvalue weighted by Crippen LogP contribution is 2.30. The van der Waals surface area contributed by atoms with Crippen molar-refractivity contribution < 1.29 is 13.2 Å². The van der Waals surface area contributed by atoms with Gasteiger partial charge in [-0.2, -0.15) is 0 Å². The lowest BCUT2D eigenvalue weighted by Gasteiger charge is -2.14. The third-order valence-electron chi connectivity index (χ3n) is 5.83. The first kappa shape index (κ1) is 25.5. The number of rotatable bonds is 6. The number of pyridine rings is 1. The Morgan fingerprint density at radius 3 is 2.26 bits per heavy atom. The van der Waals surface area contributed by atoms with E-state index >= 15 is 0 Å². The van der Waals surface area contributed by atoms with E-state index < -0.39 is 16.1 Å². The average molecular weight is 565 g/mol. The molecule has 3 aromatic carbocycles. The smallest absolute Gasteiger partial charge is 0.333 e. The van der Waals surface area contributed by atoms with Crippen molar-refractivity contribution in [3.8, 4) is 16.8 Å². The molecule has 0 atom stereocenters. The van der Waals surface area contributed by atoms with Crippen molar-refractivity contribution in [2.24, 2.45) is 0 Å². The number of sulfonamides is 1. The highest BCUT2D eigenvalue weighted by molar-refractivity contribution is 7.92. The minimum Gasteiger partial charge on any atom is -0.388 e. The fourth-order valence-electron chi connectivity index (χ4n) is 4.01. The Bertz CT molecular complexity index is 1820. The molecule has 0 aliphatic carbocycles. The van der Waals surface area contributed by atoms with Crippen molar-refractivity contribution >= 4 is 61.1 Å². The van der Waals surface area contributed by atoms with Crippen molar-refractivity contribution in [3.63, 3.8) is 0 Å². The molecule has 0 aliphatic heterocycles. The van der Waals surface area contributed by atoms with Crippen LogP contribution in [0.2, 0.25) is 4.34 Å². The molecule has 0 spiro atoms. The largest absolute Gasteiger partial charge is 0.388 e. The van der Waals surface area contributed by atoms with Crippen LogP contribution >= 0.6 is 22.9 Å². The van der Waals surface area contributed by atoms with Crippen molar-refractivity contribution in [2.45, 2.75) is 4.21 Å². The number of urea groups is 1. The van der Waals surface area contributed by atoms with Crippen molar-refractivity contribution in [1.82, 2.24) is 9.29 Å². The lowest BCUT2D eigenvalue weighted by Crippen LogP contribution is -2.33. The number of benzene rings is 3. The maximum Gasteiger partial charge on any atom is 0.333 e. The van der Waals surface area contributed by atoms with E-state index in [0.717, 1.165) is 33.5 Å². The molecule has 11 heteroatoms. The first-order valence-corrected chi connectivity index (χ1v) is 14.0. The van der Waals surface area contributed by atoms with Crippen LogP contribution < -0.4 is 20.9 Å². The zero-order valence-corrected chi connectivity index (χ0v) is 22.3. The van der Waals surface area contributed by atoms with E-state index in [1.165, 1.54) is 12.1 Å². The maximum atomic E-state index is 13.5. The van der Waals surface area contributed by atoms with Crippen LogP contribution in [0.15, 0.2) is 100 Å². The molecule has 0 radical (unpaired) electrons. The summed E-state index contributed by atoms with van der Waals surface area (Å²) in [4.78, 5) is 25.8. The first-order chi connectivity index (χ1) is 18.2. The van der Waals surface area contributed by atoms with E-state index in [1.807, 2.05) is 54.2 Å². The molecule has 0 saturated carbocycles. The second-order valence-electron chi connectivity index (χ2n) is 8.26. The van der Waals surface area contributed by atoms with Crippen LogP contribution in [-0.4, -0.2) is 26.1 Å². The van der Waals surface area contributed by atoms with Gasteiger partial charge in [0.2, 0.25) is 0 Å². The lowest BCUT2D eigenvalue weighted by molar-refractivity contribution is 0.256. The van der Waals surface area contributed by atoms with Gasteiger partial charge in [0.1, 0.15) is 4.21 Å². The number of nitrogens with one attached hydrogen (secondary N) is 3. The summed E-state index contributed by atoms with van der Waals surface area (Å²) in [7, 11) is -2.22. The summed E-state index contributed by atoms with van der Waals surface area (Å²) in [5, 5.41) is 7.00. The molecule has 192 valence electrons. The first-order valence-electron chi connectivity index (χ1n) is 11.4. The number of hydrogen-bond donors (Lipinski definition) is 3. The van der Waals surface area contributed by atoms with Gasteiger partial charge >= 0.3 is 6.03 Å². The Balaban J connectivity index is 1.46. The van der Waals surface area contributed by atoms with Crippen LogP contribution in [0, 0.1) is 0 Å². The van der Waals surface area contributed by atoms with Crippen molar-refractivity contribution in [1.29, 1.82) is 0 Å². The standard InChI is InChI=1S/C27H21ClN4O4S2/c1-29-19-9-12-21-22(15-19)23(17-5-3-2-4-6-17)16-32(26(21)33)20-10-7-18(8-11-20)30-27(34)31-38(35,36)25-14-13-24(28)37-25/h2-16,29H,1H3,(H2,30,31,34). The van der Waals surface area contributed by atoms with E-state index in [9.17, 15) is 18.0 Å². The van der Waals surface area contributed by atoms with Gasteiger partial charge in [0.05, 0.1) is 4.34 Å². The minimum atomic E-state index is -4.05. The van der Waals surface area contributed by atoms with Gasteiger partial charge in [-0.1, -0.05) is 41.9 Å². The molecule has 0 aliphatic rings. The fourth-order valence-corrected chi connectivity index (χ4v) is 6.40. The van der Waals surface area contributed by atoms with Crippen LogP contribution in [-0.2, 0) is 10.0 Å².